The van der Waals surface area contributed by atoms with Gasteiger partial charge in [0.05, 0.1) is 38.0 Å². The number of para-hydroxylation sites is 1. The highest BCUT2D eigenvalue weighted by Crippen LogP contribution is 2.45. The van der Waals surface area contributed by atoms with Gasteiger partial charge in [-0.15, -0.1) is 0 Å². The van der Waals surface area contributed by atoms with Crippen molar-refractivity contribution in [3.8, 4) is 11.5 Å². The number of methoxy groups -OCH3 is 2. The van der Waals surface area contributed by atoms with E-state index in [-0.39, 0.29) is 16.9 Å². The Morgan fingerprint density at radius 1 is 0.947 bits per heavy atom. The maximum Gasteiger partial charge on any atom is 0.337 e. The van der Waals surface area contributed by atoms with Crippen LogP contribution in [0, 0.1) is 6.92 Å². The van der Waals surface area contributed by atoms with E-state index in [4.69, 9.17) is 14.2 Å². The number of benzene rings is 3. The number of esters is 1. The number of Topliss-reactive ketones (excluding diaryl/α,β-unsaturated/α-hetero) is 1. The van der Waals surface area contributed by atoms with E-state index in [9.17, 15) is 19.5 Å². The fourth-order valence-corrected chi connectivity index (χ4v) is 4.51. The molecule has 1 N–H and O–H groups in total. The smallest absolute Gasteiger partial charge is 0.337 e. The molecular formula is C30H29NO7. The first-order valence-electron chi connectivity index (χ1n) is 12.2. The van der Waals surface area contributed by atoms with Gasteiger partial charge in [0.1, 0.15) is 17.3 Å². The highest BCUT2D eigenvalue weighted by molar-refractivity contribution is 6.51. The Hall–Kier alpha value is -4.59. The fraction of sp³-hybridized carbons (Fsp3) is 0.233. The van der Waals surface area contributed by atoms with Gasteiger partial charge >= 0.3 is 5.97 Å². The Balaban J connectivity index is 1.92. The van der Waals surface area contributed by atoms with E-state index in [2.05, 4.69) is 0 Å². The molecule has 4 rings (SSSR count). The molecule has 8 heteroatoms. The van der Waals surface area contributed by atoms with Gasteiger partial charge in [0.15, 0.2) is 0 Å². The van der Waals surface area contributed by atoms with E-state index in [0.717, 1.165) is 12.0 Å². The predicted octanol–water partition coefficient (Wildman–Crippen LogP) is 5.21. The summed E-state index contributed by atoms with van der Waals surface area (Å²) in [6.07, 6.45) is 0.848. The predicted molar refractivity (Wildman–Crippen MR) is 143 cm³/mol. The average Bonchev–Trinajstić information content (AvgIpc) is 3.21. The number of rotatable bonds is 8. The molecule has 8 nitrogen and oxygen atoms in total. The number of aryl methyl sites for hydroxylation is 1. The van der Waals surface area contributed by atoms with E-state index >= 15 is 0 Å². The number of aliphatic hydroxyl groups excluding tert-OH is 1. The second-order valence-electron chi connectivity index (χ2n) is 8.78. The van der Waals surface area contributed by atoms with Crippen molar-refractivity contribution in [1.29, 1.82) is 0 Å². The topological polar surface area (TPSA) is 102 Å². The summed E-state index contributed by atoms with van der Waals surface area (Å²) in [6.45, 7) is 4.40. The normalized spacial score (nSPS) is 16.4. The molecule has 1 saturated heterocycles. The number of anilines is 1. The maximum absolute atomic E-state index is 13.5. The lowest BCUT2D eigenvalue weighted by Gasteiger charge is -2.27. The highest BCUT2D eigenvalue weighted by Gasteiger charge is 2.48. The number of hydrogen-bond donors (Lipinski definition) is 1. The molecule has 1 amide bonds. The van der Waals surface area contributed by atoms with Crippen LogP contribution in [-0.2, 0) is 14.3 Å². The van der Waals surface area contributed by atoms with Crippen LogP contribution in [0.2, 0.25) is 0 Å². The van der Waals surface area contributed by atoms with Crippen molar-refractivity contribution >= 4 is 29.1 Å². The highest BCUT2D eigenvalue weighted by atomic mass is 16.5. The van der Waals surface area contributed by atoms with E-state index < -0.39 is 23.7 Å². The third kappa shape index (κ3) is 4.85. The van der Waals surface area contributed by atoms with Crippen LogP contribution in [0.25, 0.3) is 5.76 Å². The molecule has 1 atom stereocenters. The molecule has 0 spiro atoms. The van der Waals surface area contributed by atoms with Crippen molar-refractivity contribution in [3.05, 3.63) is 94.6 Å². The fourth-order valence-electron chi connectivity index (χ4n) is 4.51. The zero-order valence-electron chi connectivity index (χ0n) is 21.7. The lowest BCUT2D eigenvalue weighted by Crippen LogP contribution is -2.29. The van der Waals surface area contributed by atoms with E-state index in [1.54, 1.807) is 60.7 Å². The molecule has 0 saturated carbocycles. The first kappa shape index (κ1) is 26.5. The van der Waals surface area contributed by atoms with E-state index in [1.807, 2.05) is 13.8 Å². The van der Waals surface area contributed by atoms with Crippen LogP contribution in [0.5, 0.6) is 11.5 Å². The monoisotopic (exact) mass is 515 g/mol. The van der Waals surface area contributed by atoms with E-state index in [0.29, 0.717) is 34.9 Å². The Morgan fingerprint density at radius 3 is 2.39 bits per heavy atom. The van der Waals surface area contributed by atoms with Gasteiger partial charge in [-0.05, 0) is 61.4 Å². The molecule has 1 aliphatic heterocycles. The van der Waals surface area contributed by atoms with E-state index in [1.165, 1.54) is 25.2 Å². The number of aliphatic hydroxyl groups is 1. The molecule has 1 aliphatic rings. The minimum absolute atomic E-state index is 0.0930. The van der Waals surface area contributed by atoms with Gasteiger partial charge in [0.2, 0.25) is 0 Å². The van der Waals surface area contributed by atoms with Crippen molar-refractivity contribution in [1.82, 2.24) is 0 Å². The van der Waals surface area contributed by atoms with Gasteiger partial charge in [-0.2, -0.15) is 0 Å². The summed E-state index contributed by atoms with van der Waals surface area (Å²) in [7, 11) is 2.75. The molecule has 3 aromatic rings. The van der Waals surface area contributed by atoms with Crippen LogP contribution in [0.3, 0.4) is 0 Å². The Kier molecular flexibility index (Phi) is 7.81. The number of ketones is 1. The second-order valence-corrected chi connectivity index (χ2v) is 8.78. The minimum Gasteiger partial charge on any atom is -0.507 e. The number of carbonyl (C=O) groups is 3. The van der Waals surface area contributed by atoms with Crippen LogP contribution in [0.1, 0.15) is 46.4 Å². The molecule has 0 aromatic heterocycles. The minimum atomic E-state index is -1.02. The summed E-state index contributed by atoms with van der Waals surface area (Å²) < 4.78 is 16.1. The number of ether oxygens (including phenoxy) is 3. The quantitative estimate of drug-likeness (QED) is 0.190. The Bertz CT molecular complexity index is 1430. The van der Waals surface area contributed by atoms with Gasteiger partial charge in [-0.25, -0.2) is 4.79 Å². The van der Waals surface area contributed by atoms with Crippen LogP contribution in [-0.4, -0.2) is 43.6 Å². The summed E-state index contributed by atoms with van der Waals surface area (Å²) in [5, 5.41) is 11.5. The van der Waals surface area contributed by atoms with Crippen LogP contribution < -0.4 is 14.4 Å². The SMILES string of the molecule is CCCOc1ccc(/C(O)=C2\C(=O)C(=O)N(c3cccc(C(=O)OC)c3)C2c2ccccc2OC)cc1C. The molecule has 3 aromatic carbocycles. The van der Waals surface area contributed by atoms with Crippen LogP contribution >= 0.6 is 0 Å². The zero-order chi connectivity index (χ0) is 27.4. The summed E-state index contributed by atoms with van der Waals surface area (Å²) in [5.41, 5.74) is 2.06. The molecule has 1 heterocycles. The first-order chi connectivity index (χ1) is 18.3. The van der Waals surface area contributed by atoms with Crippen molar-refractivity contribution in [2.45, 2.75) is 26.3 Å². The van der Waals surface area contributed by atoms with Crippen molar-refractivity contribution in [2.75, 3.05) is 25.7 Å². The standard InChI is InChI=1S/C30H29NO7/c1-5-15-38-23-14-13-19(16-18(23)2)27(32)25-26(22-11-6-7-12-24(22)36-3)31(29(34)28(25)33)21-10-8-9-20(17-21)30(35)37-4/h6-14,16-17,26,32H,5,15H2,1-4H3/b27-25+. The lowest BCUT2D eigenvalue weighted by atomic mass is 9.94. The van der Waals surface area contributed by atoms with Crippen molar-refractivity contribution in [2.24, 2.45) is 0 Å². The second kappa shape index (κ2) is 11.2. The third-order valence-electron chi connectivity index (χ3n) is 6.33. The maximum atomic E-state index is 13.5. The van der Waals surface area contributed by atoms with Crippen LogP contribution in [0.4, 0.5) is 5.69 Å². The largest absolute Gasteiger partial charge is 0.507 e. The molecule has 196 valence electrons. The molecule has 38 heavy (non-hydrogen) atoms. The van der Waals surface area contributed by atoms with Gasteiger partial charge in [0.25, 0.3) is 11.7 Å². The van der Waals surface area contributed by atoms with Gasteiger partial charge in [-0.1, -0.05) is 31.2 Å². The van der Waals surface area contributed by atoms with Crippen molar-refractivity contribution < 1.29 is 33.7 Å². The third-order valence-corrected chi connectivity index (χ3v) is 6.33. The number of nitrogens with zero attached hydrogens (tertiary/aromatic N) is 1. The number of carbonyl (C=O) groups excluding carboxylic acids is 3. The molecular weight excluding hydrogens is 486 g/mol. The Labute approximate surface area is 221 Å². The van der Waals surface area contributed by atoms with Crippen LogP contribution in [0.15, 0.2) is 72.3 Å². The first-order valence-corrected chi connectivity index (χ1v) is 12.2. The lowest BCUT2D eigenvalue weighted by molar-refractivity contribution is -0.132. The molecule has 0 aliphatic carbocycles. The average molecular weight is 516 g/mol. The number of hydrogen-bond acceptors (Lipinski definition) is 7. The van der Waals surface area contributed by atoms with Gasteiger partial charge < -0.3 is 19.3 Å². The van der Waals surface area contributed by atoms with Crippen molar-refractivity contribution in [3.63, 3.8) is 0 Å². The molecule has 1 unspecified atom stereocenters. The Morgan fingerprint density at radius 2 is 1.71 bits per heavy atom. The molecule has 1 fully saturated rings. The summed E-state index contributed by atoms with van der Waals surface area (Å²) in [4.78, 5) is 40.4. The summed E-state index contributed by atoms with van der Waals surface area (Å²) in [6, 6.07) is 17.3. The molecule has 0 radical (unpaired) electrons. The molecule has 0 bridgehead atoms. The zero-order valence-corrected chi connectivity index (χ0v) is 21.7. The number of amides is 1. The van der Waals surface area contributed by atoms with Gasteiger partial charge in [0, 0.05) is 16.8 Å². The van der Waals surface area contributed by atoms with Gasteiger partial charge in [-0.3, -0.25) is 14.5 Å². The summed E-state index contributed by atoms with van der Waals surface area (Å²) in [5.74, 6) is -1.51. The summed E-state index contributed by atoms with van der Waals surface area (Å²) >= 11 is 0.